The first-order valence-corrected chi connectivity index (χ1v) is 8.69. The van der Waals surface area contributed by atoms with Crippen LogP contribution in [0.15, 0.2) is 29.2 Å². The number of amides is 1. The van der Waals surface area contributed by atoms with E-state index < -0.39 is 47.0 Å². The Morgan fingerprint density at radius 1 is 1.44 bits per heavy atom. The van der Waals surface area contributed by atoms with Crippen LogP contribution in [0.3, 0.4) is 0 Å². The van der Waals surface area contributed by atoms with Crippen molar-refractivity contribution in [3.05, 3.63) is 29.8 Å². The van der Waals surface area contributed by atoms with E-state index in [1.807, 2.05) is 6.92 Å². The standard InChI is InChI=1S/C8H11F2N3O.C7H8O3S/c1-5(12)7(14)13-4-8(9,10)2-6(13)3-11;1-6-2-4-7(5-3-6)11(8,9)10/h5-6H,2,4,12H2,1H3;2-5H,1H3,(H,8,9,10)/t5-,6-;/m0./s1. The van der Waals surface area contributed by atoms with E-state index in [1.54, 1.807) is 18.2 Å². The quantitative estimate of drug-likeness (QED) is 0.752. The molecule has 1 saturated heterocycles. The lowest BCUT2D eigenvalue weighted by Gasteiger charge is -2.20. The van der Waals surface area contributed by atoms with Gasteiger partial charge in [0.15, 0.2) is 0 Å². The van der Waals surface area contributed by atoms with Crippen LogP contribution in [-0.2, 0) is 14.9 Å². The van der Waals surface area contributed by atoms with Crippen LogP contribution in [0.5, 0.6) is 0 Å². The van der Waals surface area contributed by atoms with E-state index in [1.165, 1.54) is 19.1 Å². The van der Waals surface area contributed by atoms with E-state index in [0.29, 0.717) is 0 Å². The summed E-state index contributed by atoms with van der Waals surface area (Å²) in [5.74, 6) is -3.57. The van der Waals surface area contributed by atoms with Gasteiger partial charge in [-0.05, 0) is 26.0 Å². The van der Waals surface area contributed by atoms with Crippen LogP contribution in [0.4, 0.5) is 8.78 Å². The van der Waals surface area contributed by atoms with Crippen LogP contribution in [0.1, 0.15) is 18.9 Å². The summed E-state index contributed by atoms with van der Waals surface area (Å²) in [4.78, 5) is 12.1. The number of aryl methyl sites for hydroxylation is 1. The van der Waals surface area contributed by atoms with Crippen molar-refractivity contribution in [2.75, 3.05) is 6.54 Å². The first-order valence-electron chi connectivity index (χ1n) is 7.25. The SMILES string of the molecule is C[C@H](N)C(=O)N1CC(F)(F)C[C@H]1C#N.Cc1ccc(S(=O)(=O)O)cc1. The number of carbonyl (C=O) groups is 1. The number of nitriles is 1. The van der Waals surface area contributed by atoms with Crippen LogP contribution in [0, 0.1) is 18.3 Å². The van der Waals surface area contributed by atoms with Crippen molar-refractivity contribution in [3.8, 4) is 6.07 Å². The van der Waals surface area contributed by atoms with Crippen LogP contribution < -0.4 is 5.73 Å². The molecule has 3 N–H and O–H groups in total. The molecular weight excluding hydrogens is 356 g/mol. The fourth-order valence-electron chi connectivity index (χ4n) is 2.14. The topological polar surface area (TPSA) is 124 Å². The molecule has 2 atom stereocenters. The number of hydrogen-bond donors (Lipinski definition) is 2. The molecule has 138 valence electrons. The summed E-state index contributed by atoms with van der Waals surface area (Å²) in [7, 11) is -4.02. The average Bonchev–Trinajstić information content (AvgIpc) is 2.81. The molecule has 1 aliphatic rings. The number of alkyl halides is 2. The number of nitrogens with zero attached hydrogens (tertiary/aromatic N) is 2. The molecule has 25 heavy (non-hydrogen) atoms. The maximum Gasteiger partial charge on any atom is 0.294 e. The second-order valence-electron chi connectivity index (χ2n) is 5.75. The van der Waals surface area contributed by atoms with Gasteiger partial charge in [-0.1, -0.05) is 17.7 Å². The van der Waals surface area contributed by atoms with Gasteiger partial charge in [0.1, 0.15) is 6.04 Å². The number of halogens is 2. The second-order valence-corrected chi connectivity index (χ2v) is 7.17. The van der Waals surface area contributed by atoms with Crippen LogP contribution in [0.2, 0.25) is 0 Å². The van der Waals surface area contributed by atoms with Gasteiger partial charge in [0.2, 0.25) is 5.91 Å². The third-order valence-corrected chi connectivity index (χ3v) is 4.28. The number of likely N-dealkylation sites (tertiary alicyclic amines) is 1. The molecule has 1 aromatic carbocycles. The number of nitrogens with two attached hydrogens (primary N) is 1. The Morgan fingerprint density at radius 3 is 2.36 bits per heavy atom. The third kappa shape index (κ3) is 6.04. The molecule has 0 saturated carbocycles. The van der Waals surface area contributed by atoms with Crippen molar-refractivity contribution in [1.82, 2.24) is 4.90 Å². The van der Waals surface area contributed by atoms with Gasteiger partial charge >= 0.3 is 0 Å². The monoisotopic (exact) mass is 375 g/mol. The highest BCUT2D eigenvalue weighted by Crippen LogP contribution is 2.31. The minimum absolute atomic E-state index is 0.0666. The Morgan fingerprint density at radius 2 is 1.96 bits per heavy atom. The molecule has 0 aromatic heterocycles. The van der Waals surface area contributed by atoms with Gasteiger partial charge in [0.05, 0.1) is 23.6 Å². The zero-order chi connectivity index (χ0) is 19.4. The van der Waals surface area contributed by atoms with E-state index in [2.05, 4.69) is 0 Å². The Balaban J connectivity index is 0.000000257. The van der Waals surface area contributed by atoms with Gasteiger partial charge in [0.25, 0.3) is 16.0 Å². The number of rotatable bonds is 2. The fraction of sp³-hybridized carbons (Fsp3) is 0.467. The largest absolute Gasteiger partial charge is 0.320 e. The Bertz CT molecular complexity index is 758. The molecule has 0 unspecified atom stereocenters. The van der Waals surface area contributed by atoms with Gasteiger partial charge in [-0.2, -0.15) is 13.7 Å². The zero-order valence-corrected chi connectivity index (χ0v) is 14.5. The van der Waals surface area contributed by atoms with E-state index in [-0.39, 0.29) is 4.90 Å². The first-order chi connectivity index (χ1) is 11.4. The Labute approximate surface area is 144 Å². The molecule has 1 amide bonds. The van der Waals surface area contributed by atoms with Crippen molar-refractivity contribution < 1.29 is 26.5 Å². The lowest BCUT2D eigenvalue weighted by Crippen LogP contribution is -2.44. The minimum atomic E-state index is -4.02. The third-order valence-electron chi connectivity index (χ3n) is 3.41. The highest BCUT2D eigenvalue weighted by Gasteiger charge is 2.47. The summed E-state index contributed by atoms with van der Waals surface area (Å²) >= 11 is 0. The van der Waals surface area contributed by atoms with Crippen LogP contribution in [0.25, 0.3) is 0 Å². The summed E-state index contributed by atoms with van der Waals surface area (Å²) in [6.07, 6.45) is -0.595. The molecule has 7 nitrogen and oxygen atoms in total. The van der Waals surface area contributed by atoms with Gasteiger partial charge in [-0.15, -0.1) is 0 Å². The maximum absolute atomic E-state index is 12.9. The van der Waals surface area contributed by atoms with E-state index in [0.717, 1.165) is 10.5 Å². The fourth-order valence-corrected chi connectivity index (χ4v) is 2.62. The second kappa shape index (κ2) is 7.86. The van der Waals surface area contributed by atoms with Crippen molar-refractivity contribution in [1.29, 1.82) is 5.26 Å². The van der Waals surface area contributed by atoms with Crippen LogP contribution in [-0.4, -0.2) is 48.3 Å². The summed E-state index contributed by atoms with van der Waals surface area (Å²) in [6, 6.07) is 5.76. The molecule has 1 fully saturated rings. The highest BCUT2D eigenvalue weighted by molar-refractivity contribution is 7.85. The van der Waals surface area contributed by atoms with Crippen molar-refractivity contribution in [2.24, 2.45) is 5.73 Å². The normalized spacial score (nSPS) is 20.2. The average molecular weight is 375 g/mol. The van der Waals surface area contributed by atoms with Crippen molar-refractivity contribution in [2.45, 2.75) is 43.2 Å². The van der Waals surface area contributed by atoms with Gasteiger partial charge < -0.3 is 10.6 Å². The Kier molecular flexibility index (Phi) is 6.59. The predicted octanol–water partition coefficient (Wildman–Crippen LogP) is 1.34. The molecule has 0 bridgehead atoms. The molecule has 0 radical (unpaired) electrons. The zero-order valence-electron chi connectivity index (χ0n) is 13.7. The van der Waals surface area contributed by atoms with E-state index in [4.69, 9.17) is 15.5 Å². The predicted molar refractivity (Wildman–Crippen MR) is 85.3 cm³/mol. The highest BCUT2D eigenvalue weighted by atomic mass is 32.2. The van der Waals surface area contributed by atoms with Crippen molar-refractivity contribution in [3.63, 3.8) is 0 Å². The lowest BCUT2D eigenvalue weighted by molar-refractivity contribution is -0.133. The van der Waals surface area contributed by atoms with Crippen LogP contribution >= 0.6 is 0 Å². The molecular formula is C15H19F2N3O4S. The lowest BCUT2D eigenvalue weighted by atomic mass is 10.2. The number of hydrogen-bond acceptors (Lipinski definition) is 5. The van der Waals surface area contributed by atoms with E-state index in [9.17, 15) is 22.0 Å². The van der Waals surface area contributed by atoms with Gasteiger partial charge in [-0.3, -0.25) is 9.35 Å². The molecule has 0 aliphatic carbocycles. The van der Waals surface area contributed by atoms with Crippen molar-refractivity contribution >= 4 is 16.0 Å². The first kappa shape index (κ1) is 21.0. The minimum Gasteiger partial charge on any atom is -0.320 e. The molecule has 1 heterocycles. The molecule has 0 spiro atoms. The number of benzene rings is 1. The molecule has 2 rings (SSSR count). The Hall–Kier alpha value is -2.09. The molecule has 10 heteroatoms. The molecule has 1 aromatic rings. The number of carbonyl (C=O) groups excluding carboxylic acids is 1. The van der Waals surface area contributed by atoms with Gasteiger partial charge in [-0.25, -0.2) is 8.78 Å². The molecule has 1 aliphatic heterocycles. The summed E-state index contributed by atoms with van der Waals surface area (Å²) in [5.41, 5.74) is 6.23. The summed E-state index contributed by atoms with van der Waals surface area (Å²) < 4.78 is 55.3. The summed E-state index contributed by atoms with van der Waals surface area (Å²) in [5, 5.41) is 8.58. The van der Waals surface area contributed by atoms with E-state index >= 15 is 0 Å². The van der Waals surface area contributed by atoms with Gasteiger partial charge in [0, 0.05) is 6.42 Å². The maximum atomic E-state index is 12.9. The summed E-state index contributed by atoms with van der Waals surface area (Å²) in [6.45, 7) is 2.55. The smallest absolute Gasteiger partial charge is 0.294 e.